The molecule has 2 atom stereocenters. The van der Waals surface area contributed by atoms with E-state index in [-0.39, 0.29) is 0 Å². The second-order valence-corrected chi connectivity index (χ2v) is 5.47. The van der Waals surface area contributed by atoms with Crippen molar-refractivity contribution in [2.75, 3.05) is 7.11 Å². The molecule has 0 aromatic rings. The summed E-state index contributed by atoms with van der Waals surface area (Å²) < 4.78 is 27.2. The molecule has 1 rings (SSSR count). The lowest BCUT2D eigenvalue weighted by Crippen LogP contribution is -2.37. The van der Waals surface area contributed by atoms with E-state index >= 15 is 0 Å². The van der Waals surface area contributed by atoms with Gasteiger partial charge in [-0.25, -0.2) is 8.42 Å². The summed E-state index contributed by atoms with van der Waals surface area (Å²) in [4.78, 5) is 11.3. The van der Waals surface area contributed by atoms with Crippen LogP contribution >= 0.6 is 0 Å². The van der Waals surface area contributed by atoms with Gasteiger partial charge in [-0.15, -0.1) is 0 Å². The maximum atomic E-state index is 11.3. The molecular formula is C8H12O4S. The van der Waals surface area contributed by atoms with E-state index in [9.17, 15) is 13.2 Å². The molecule has 0 radical (unpaired) electrons. The second-order valence-electron chi connectivity index (χ2n) is 3.31. The minimum atomic E-state index is -3.27. The van der Waals surface area contributed by atoms with E-state index in [1.54, 1.807) is 6.92 Å². The molecule has 0 N–H and O–H groups in total. The zero-order valence-electron chi connectivity index (χ0n) is 7.77. The van der Waals surface area contributed by atoms with Crippen LogP contribution in [0.4, 0.5) is 0 Å². The fourth-order valence-corrected chi connectivity index (χ4v) is 2.85. The van der Waals surface area contributed by atoms with Gasteiger partial charge in [-0.05, 0) is 13.8 Å². The van der Waals surface area contributed by atoms with Crippen LogP contribution in [0.3, 0.4) is 0 Å². The minimum Gasteiger partial charge on any atom is -0.468 e. The van der Waals surface area contributed by atoms with Gasteiger partial charge in [0.2, 0.25) is 0 Å². The molecule has 0 saturated carbocycles. The standard InChI is InChI=1S/C8H12O4S/c1-6-8(2,7(9)12-3)4-5-13(6,10)11/h4-6H,1-3H3. The SMILES string of the molecule is COC(=O)C1(C)C=CS(=O)(=O)C1C. The first-order valence-electron chi connectivity index (χ1n) is 3.86. The van der Waals surface area contributed by atoms with Crippen LogP contribution in [0.2, 0.25) is 0 Å². The van der Waals surface area contributed by atoms with Gasteiger partial charge in [0, 0.05) is 5.41 Å². The van der Waals surface area contributed by atoms with E-state index in [2.05, 4.69) is 4.74 Å². The van der Waals surface area contributed by atoms with Crippen molar-refractivity contribution in [3.8, 4) is 0 Å². The fourth-order valence-electron chi connectivity index (χ4n) is 1.28. The Balaban J connectivity index is 3.12. The summed E-state index contributed by atoms with van der Waals surface area (Å²) in [6.07, 6.45) is 1.39. The molecule has 74 valence electrons. The molecule has 0 aromatic carbocycles. The number of sulfone groups is 1. The fraction of sp³-hybridized carbons (Fsp3) is 0.625. The van der Waals surface area contributed by atoms with E-state index in [4.69, 9.17) is 0 Å². The molecule has 0 aliphatic carbocycles. The molecule has 0 spiro atoms. The predicted molar refractivity (Wildman–Crippen MR) is 47.6 cm³/mol. The number of rotatable bonds is 1. The van der Waals surface area contributed by atoms with Crippen LogP contribution in [0.1, 0.15) is 13.8 Å². The number of carbonyl (C=O) groups is 1. The maximum Gasteiger partial charge on any atom is 0.316 e. The van der Waals surface area contributed by atoms with Crippen LogP contribution in [-0.2, 0) is 19.4 Å². The van der Waals surface area contributed by atoms with E-state index in [0.29, 0.717) is 0 Å². The first kappa shape index (κ1) is 10.2. The van der Waals surface area contributed by atoms with Crippen molar-refractivity contribution >= 4 is 15.8 Å². The van der Waals surface area contributed by atoms with Crippen molar-refractivity contribution in [2.45, 2.75) is 19.1 Å². The van der Waals surface area contributed by atoms with E-state index in [1.807, 2.05) is 0 Å². The van der Waals surface area contributed by atoms with Gasteiger partial charge in [0.1, 0.15) is 5.41 Å². The Hall–Kier alpha value is -0.840. The quantitative estimate of drug-likeness (QED) is 0.583. The Morgan fingerprint density at radius 2 is 2.08 bits per heavy atom. The summed E-state index contributed by atoms with van der Waals surface area (Å²) in [5.74, 6) is -0.516. The summed E-state index contributed by atoms with van der Waals surface area (Å²) in [6, 6.07) is 0. The van der Waals surface area contributed by atoms with Gasteiger partial charge in [0.15, 0.2) is 9.84 Å². The Morgan fingerprint density at radius 3 is 2.38 bits per heavy atom. The largest absolute Gasteiger partial charge is 0.468 e. The van der Waals surface area contributed by atoms with Crippen molar-refractivity contribution in [2.24, 2.45) is 5.41 Å². The highest BCUT2D eigenvalue weighted by Crippen LogP contribution is 2.36. The van der Waals surface area contributed by atoms with Gasteiger partial charge in [-0.2, -0.15) is 0 Å². The number of carbonyl (C=O) groups excluding carboxylic acids is 1. The highest BCUT2D eigenvalue weighted by molar-refractivity contribution is 7.95. The normalized spacial score (nSPS) is 36.1. The highest BCUT2D eigenvalue weighted by atomic mass is 32.2. The number of hydrogen-bond acceptors (Lipinski definition) is 4. The lowest BCUT2D eigenvalue weighted by Gasteiger charge is -2.23. The van der Waals surface area contributed by atoms with Crippen molar-refractivity contribution < 1.29 is 17.9 Å². The third-order valence-corrected chi connectivity index (χ3v) is 4.56. The van der Waals surface area contributed by atoms with Crippen LogP contribution in [0.5, 0.6) is 0 Å². The number of esters is 1. The Kier molecular flexibility index (Phi) is 2.23. The van der Waals surface area contributed by atoms with Crippen molar-refractivity contribution in [1.82, 2.24) is 0 Å². The Bertz CT molecular complexity index is 354. The maximum absolute atomic E-state index is 11.3. The highest BCUT2D eigenvalue weighted by Gasteiger charge is 2.48. The van der Waals surface area contributed by atoms with Gasteiger partial charge in [0.25, 0.3) is 0 Å². The monoisotopic (exact) mass is 204 g/mol. The molecule has 0 bridgehead atoms. The molecule has 0 amide bonds. The molecule has 0 aromatic heterocycles. The number of ether oxygens (including phenoxy) is 1. The Morgan fingerprint density at radius 1 is 1.54 bits per heavy atom. The average Bonchev–Trinajstić information content (AvgIpc) is 2.30. The first-order chi connectivity index (χ1) is 5.84. The molecule has 5 heteroatoms. The van der Waals surface area contributed by atoms with Gasteiger partial charge in [0.05, 0.1) is 12.4 Å². The molecule has 1 aliphatic heterocycles. The van der Waals surface area contributed by atoms with Crippen LogP contribution < -0.4 is 0 Å². The molecule has 1 aliphatic rings. The van der Waals surface area contributed by atoms with Gasteiger partial charge in [-0.3, -0.25) is 4.79 Å². The third kappa shape index (κ3) is 1.37. The zero-order valence-corrected chi connectivity index (χ0v) is 8.59. The van der Waals surface area contributed by atoms with Crippen molar-refractivity contribution in [1.29, 1.82) is 0 Å². The molecule has 2 unspecified atom stereocenters. The summed E-state index contributed by atoms with van der Waals surface area (Å²) >= 11 is 0. The van der Waals surface area contributed by atoms with Crippen LogP contribution in [0.15, 0.2) is 11.5 Å². The van der Waals surface area contributed by atoms with E-state index in [1.165, 1.54) is 20.1 Å². The lowest BCUT2D eigenvalue weighted by atomic mass is 9.88. The summed E-state index contributed by atoms with van der Waals surface area (Å²) in [5, 5.41) is 0.335. The lowest BCUT2D eigenvalue weighted by molar-refractivity contribution is -0.148. The summed E-state index contributed by atoms with van der Waals surface area (Å²) in [5.41, 5.74) is -1.03. The smallest absolute Gasteiger partial charge is 0.316 e. The van der Waals surface area contributed by atoms with E-state index < -0.39 is 26.5 Å². The predicted octanol–water partition coefficient (Wildman–Crippen LogP) is 0.496. The minimum absolute atomic E-state index is 0.516. The molecule has 0 fully saturated rings. The van der Waals surface area contributed by atoms with Crippen molar-refractivity contribution in [3.05, 3.63) is 11.5 Å². The van der Waals surface area contributed by atoms with Gasteiger partial charge in [-0.1, -0.05) is 6.08 Å². The molecular weight excluding hydrogens is 192 g/mol. The van der Waals surface area contributed by atoms with Crippen LogP contribution in [0.25, 0.3) is 0 Å². The molecule has 1 heterocycles. The third-order valence-electron chi connectivity index (χ3n) is 2.57. The summed E-state index contributed by atoms with van der Waals surface area (Å²) in [7, 11) is -2.02. The first-order valence-corrected chi connectivity index (χ1v) is 5.47. The van der Waals surface area contributed by atoms with Crippen LogP contribution in [-0.4, -0.2) is 26.7 Å². The van der Waals surface area contributed by atoms with E-state index in [0.717, 1.165) is 5.41 Å². The second kappa shape index (κ2) is 2.83. The van der Waals surface area contributed by atoms with Crippen LogP contribution in [0, 0.1) is 5.41 Å². The summed E-state index contributed by atoms with van der Waals surface area (Å²) in [6.45, 7) is 3.07. The Labute approximate surface area is 77.5 Å². The zero-order chi connectivity index (χ0) is 10.3. The number of hydrogen-bond donors (Lipinski definition) is 0. The number of methoxy groups -OCH3 is 1. The average molecular weight is 204 g/mol. The van der Waals surface area contributed by atoms with Crippen molar-refractivity contribution in [3.63, 3.8) is 0 Å². The molecule has 4 nitrogen and oxygen atoms in total. The van der Waals surface area contributed by atoms with Gasteiger partial charge < -0.3 is 4.74 Å². The molecule has 0 saturated heterocycles. The molecule has 13 heavy (non-hydrogen) atoms. The topological polar surface area (TPSA) is 60.4 Å². The van der Waals surface area contributed by atoms with Gasteiger partial charge >= 0.3 is 5.97 Å².